The van der Waals surface area contributed by atoms with Gasteiger partial charge >= 0.3 is 0 Å². The highest BCUT2D eigenvalue weighted by Gasteiger charge is 2.31. The standard InChI is InChI=1S/C44H56Br4N2/c1-41(2,3)29-19-27(20-30(23-29)42(4,5)6)39(49-25-33-35(45)15-13-16-36(33)46)40(50-26-34-37(47)17-14-18-38(34)48)28-21-31(43(7,8)9)24-32(22-28)44(10,11)12/h13-24,39-40,49-50H,25-26H2,1-12H3/t39-,40-/m0/s1. The predicted molar refractivity (Wildman–Crippen MR) is 231 cm³/mol. The summed E-state index contributed by atoms with van der Waals surface area (Å²) in [7, 11) is 0. The lowest BCUT2D eigenvalue weighted by atomic mass is 9.76. The zero-order valence-corrected chi connectivity index (χ0v) is 38.4. The van der Waals surface area contributed by atoms with E-state index in [2.05, 4.69) is 230 Å². The van der Waals surface area contributed by atoms with E-state index in [-0.39, 0.29) is 33.7 Å². The van der Waals surface area contributed by atoms with Gasteiger partial charge in [-0.15, -0.1) is 0 Å². The lowest BCUT2D eigenvalue weighted by molar-refractivity contribution is 0.377. The molecule has 0 saturated heterocycles. The van der Waals surface area contributed by atoms with E-state index >= 15 is 0 Å². The third kappa shape index (κ3) is 10.4. The molecule has 4 rings (SSSR count). The molecule has 0 aliphatic heterocycles. The molecule has 0 amide bonds. The molecule has 0 aromatic heterocycles. The minimum Gasteiger partial charge on any atom is -0.304 e. The molecule has 2 nitrogen and oxygen atoms in total. The first kappa shape index (κ1) is 41.5. The van der Waals surface area contributed by atoms with Crippen molar-refractivity contribution in [1.82, 2.24) is 10.6 Å². The SMILES string of the molecule is CC(C)(C)c1cc([C@H](NCc2c(Br)cccc2Br)[C@@H](NCc2c(Br)cccc2Br)c2cc(C(C)(C)C)cc(C(C)(C)C)c2)cc(C(C)(C)C)c1. The highest BCUT2D eigenvalue weighted by molar-refractivity contribution is 9.11. The summed E-state index contributed by atoms with van der Waals surface area (Å²) in [6.45, 7) is 29.2. The van der Waals surface area contributed by atoms with Gasteiger partial charge in [0.15, 0.2) is 0 Å². The summed E-state index contributed by atoms with van der Waals surface area (Å²) in [5.74, 6) is 0. The van der Waals surface area contributed by atoms with Crippen molar-refractivity contribution >= 4 is 63.7 Å². The monoisotopic (exact) mass is 928 g/mol. The van der Waals surface area contributed by atoms with Gasteiger partial charge in [-0.1, -0.05) is 195 Å². The van der Waals surface area contributed by atoms with Crippen LogP contribution in [0.3, 0.4) is 0 Å². The molecule has 4 aromatic rings. The predicted octanol–water partition coefficient (Wildman–Crippen LogP) is 14.3. The third-order valence-electron chi connectivity index (χ3n) is 9.55. The fraction of sp³-hybridized carbons (Fsp3) is 0.455. The average Bonchev–Trinajstić information content (AvgIpc) is 2.99. The Morgan fingerprint density at radius 2 is 0.660 bits per heavy atom. The number of rotatable bonds is 9. The molecule has 0 aliphatic rings. The van der Waals surface area contributed by atoms with Crippen molar-refractivity contribution in [2.45, 2.75) is 130 Å². The average molecular weight is 933 g/mol. The van der Waals surface area contributed by atoms with Gasteiger partial charge in [0.2, 0.25) is 0 Å². The summed E-state index contributed by atoms with van der Waals surface area (Å²) in [5.41, 5.74) is 10.3. The molecule has 0 bridgehead atoms. The first-order chi connectivity index (χ1) is 23.0. The van der Waals surface area contributed by atoms with Gasteiger partial charge in [0.25, 0.3) is 0 Å². The number of benzene rings is 4. The van der Waals surface area contributed by atoms with E-state index in [9.17, 15) is 0 Å². The Kier molecular flexibility index (Phi) is 13.3. The van der Waals surface area contributed by atoms with Crippen molar-refractivity contribution in [2.24, 2.45) is 0 Å². The van der Waals surface area contributed by atoms with E-state index in [1.54, 1.807) is 0 Å². The normalized spacial score (nSPS) is 14.2. The van der Waals surface area contributed by atoms with Crippen LogP contribution in [0, 0.1) is 0 Å². The molecular formula is C44H56Br4N2. The van der Waals surface area contributed by atoms with Gasteiger partial charge in [-0.3, -0.25) is 0 Å². The van der Waals surface area contributed by atoms with Gasteiger partial charge in [0.05, 0.1) is 12.1 Å². The molecule has 4 aromatic carbocycles. The Hall–Kier alpha value is -1.28. The highest BCUT2D eigenvalue weighted by atomic mass is 79.9. The van der Waals surface area contributed by atoms with E-state index < -0.39 is 0 Å². The van der Waals surface area contributed by atoms with Gasteiger partial charge in [-0.25, -0.2) is 0 Å². The molecule has 50 heavy (non-hydrogen) atoms. The molecule has 2 N–H and O–H groups in total. The van der Waals surface area contributed by atoms with Crippen molar-refractivity contribution in [2.75, 3.05) is 0 Å². The summed E-state index contributed by atoms with van der Waals surface area (Å²) in [6, 6.07) is 27.1. The van der Waals surface area contributed by atoms with Crippen LogP contribution >= 0.6 is 63.7 Å². The van der Waals surface area contributed by atoms with E-state index in [0.29, 0.717) is 13.1 Å². The van der Waals surface area contributed by atoms with Crippen LogP contribution in [-0.2, 0) is 34.7 Å². The van der Waals surface area contributed by atoms with E-state index in [1.807, 2.05) is 0 Å². The largest absolute Gasteiger partial charge is 0.304 e. The van der Waals surface area contributed by atoms with Crippen LogP contribution in [0.5, 0.6) is 0 Å². The van der Waals surface area contributed by atoms with Crippen LogP contribution in [0.15, 0.2) is 90.7 Å². The van der Waals surface area contributed by atoms with Crippen LogP contribution < -0.4 is 10.6 Å². The van der Waals surface area contributed by atoms with Gasteiger partial charge < -0.3 is 10.6 Å². The second kappa shape index (κ2) is 16.0. The maximum Gasteiger partial charge on any atom is 0.0521 e. The third-order valence-corrected chi connectivity index (χ3v) is 12.5. The van der Waals surface area contributed by atoms with Crippen LogP contribution in [0.4, 0.5) is 0 Å². The van der Waals surface area contributed by atoms with Crippen LogP contribution in [0.1, 0.15) is 140 Å². The number of nitrogens with one attached hydrogen (secondary N) is 2. The number of hydrogen-bond donors (Lipinski definition) is 2. The molecule has 2 atom stereocenters. The van der Waals surface area contributed by atoms with Crippen molar-refractivity contribution in [3.8, 4) is 0 Å². The Morgan fingerprint density at radius 1 is 0.420 bits per heavy atom. The van der Waals surface area contributed by atoms with Gasteiger partial charge in [0.1, 0.15) is 0 Å². The zero-order chi connectivity index (χ0) is 37.4. The zero-order valence-electron chi connectivity index (χ0n) is 32.0. The first-order valence-corrected chi connectivity index (χ1v) is 20.8. The molecule has 0 unspecified atom stereocenters. The first-order valence-electron chi connectivity index (χ1n) is 17.6. The second-order valence-corrected chi connectivity index (χ2v) is 21.2. The number of hydrogen-bond acceptors (Lipinski definition) is 2. The second-order valence-electron chi connectivity index (χ2n) is 17.8. The summed E-state index contributed by atoms with van der Waals surface area (Å²) >= 11 is 15.4. The van der Waals surface area contributed by atoms with E-state index in [4.69, 9.17) is 0 Å². The summed E-state index contributed by atoms with van der Waals surface area (Å²) in [6.07, 6.45) is 0. The summed E-state index contributed by atoms with van der Waals surface area (Å²) in [4.78, 5) is 0. The van der Waals surface area contributed by atoms with Crippen molar-refractivity contribution in [3.05, 3.63) is 135 Å². The molecule has 0 spiro atoms. The van der Waals surface area contributed by atoms with Crippen LogP contribution in [-0.4, -0.2) is 0 Å². The molecule has 270 valence electrons. The lowest BCUT2D eigenvalue weighted by Crippen LogP contribution is -2.36. The van der Waals surface area contributed by atoms with Gasteiger partial charge in [0, 0.05) is 31.0 Å². The maximum absolute atomic E-state index is 4.13. The Bertz CT molecular complexity index is 1560. The maximum atomic E-state index is 4.13. The lowest BCUT2D eigenvalue weighted by Gasteiger charge is -2.35. The molecule has 0 fully saturated rings. The molecule has 6 heteroatoms. The van der Waals surface area contributed by atoms with Gasteiger partial charge in [-0.05, 0) is 90.4 Å². The summed E-state index contributed by atoms with van der Waals surface area (Å²) < 4.78 is 4.35. The highest BCUT2D eigenvalue weighted by Crippen LogP contribution is 2.40. The van der Waals surface area contributed by atoms with Crippen molar-refractivity contribution in [3.63, 3.8) is 0 Å². The molecule has 0 aliphatic carbocycles. The number of halogens is 4. The van der Waals surface area contributed by atoms with Crippen LogP contribution in [0.2, 0.25) is 0 Å². The Morgan fingerprint density at radius 3 is 0.880 bits per heavy atom. The molecule has 0 saturated carbocycles. The minimum absolute atomic E-state index is 0.0136. The fourth-order valence-electron chi connectivity index (χ4n) is 6.08. The Labute approximate surface area is 336 Å². The summed E-state index contributed by atoms with van der Waals surface area (Å²) in [5, 5.41) is 8.25. The van der Waals surface area contributed by atoms with Crippen molar-refractivity contribution in [1.29, 1.82) is 0 Å². The van der Waals surface area contributed by atoms with E-state index in [1.165, 1.54) is 44.5 Å². The fourth-order valence-corrected chi connectivity index (χ4v) is 8.63. The minimum atomic E-state index is -0.0679. The quantitative estimate of drug-likeness (QED) is 0.175. The molecule has 0 heterocycles. The van der Waals surface area contributed by atoms with Crippen molar-refractivity contribution < 1.29 is 0 Å². The van der Waals surface area contributed by atoms with E-state index in [0.717, 1.165) is 17.9 Å². The smallest absolute Gasteiger partial charge is 0.0521 e. The Balaban J connectivity index is 2.05. The molecule has 0 radical (unpaired) electrons. The van der Waals surface area contributed by atoms with Crippen LogP contribution in [0.25, 0.3) is 0 Å². The van der Waals surface area contributed by atoms with Gasteiger partial charge in [-0.2, -0.15) is 0 Å². The molecular weight excluding hydrogens is 876 g/mol. The topological polar surface area (TPSA) is 24.1 Å².